The molecule has 28 heavy (non-hydrogen) atoms. The van der Waals surface area contributed by atoms with Gasteiger partial charge >= 0.3 is 0 Å². The van der Waals surface area contributed by atoms with Gasteiger partial charge in [0.25, 0.3) is 0 Å². The van der Waals surface area contributed by atoms with E-state index in [2.05, 4.69) is 37.9 Å². The number of hydrogen-bond acceptors (Lipinski definition) is 6. The summed E-state index contributed by atoms with van der Waals surface area (Å²) < 4.78 is 18.4. The molecule has 1 aromatic carbocycles. The Hall–Kier alpha value is -1.98. The van der Waals surface area contributed by atoms with E-state index in [-0.39, 0.29) is 23.3 Å². The number of ether oxygens (including phenoxy) is 3. The highest BCUT2D eigenvalue weighted by atomic mass is 79.9. The molecule has 0 unspecified atom stereocenters. The highest BCUT2D eigenvalue weighted by Crippen LogP contribution is 2.49. The van der Waals surface area contributed by atoms with Gasteiger partial charge in [-0.15, -0.1) is 0 Å². The minimum atomic E-state index is -0.686. The first-order valence-corrected chi connectivity index (χ1v) is 10.3. The predicted molar refractivity (Wildman–Crippen MR) is 113 cm³/mol. The van der Waals surface area contributed by atoms with Gasteiger partial charge in [-0.25, -0.2) is 0 Å². The van der Waals surface area contributed by atoms with Crippen molar-refractivity contribution >= 4 is 37.6 Å². The second kappa shape index (κ2) is 9.01. The van der Waals surface area contributed by atoms with Crippen molar-refractivity contribution in [2.75, 3.05) is 6.61 Å². The smallest absolute Gasteiger partial charge is 0.205 e. The molecule has 150 valence electrons. The molecule has 1 heterocycles. The third-order valence-electron chi connectivity index (χ3n) is 4.11. The predicted octanol–water partition coefficient (Wildman–Crippen LogP) is 5.07. The van der Waals surface area contributed by atoms with Gasteiger partial charge in [-0.3, -0.25) is 4.79 Å². The van der Waals surface area contributed by atoms with E-state index in [0.29, 0.717) is 43.9 Å². The third kappa shape index (κ3) is 4.20. The van der Waals surface area contributed by atoms with Crippen molar-refractivity contribution in [1.29, 1.82) is 5.26 Å². The first-order chi connectivity index (χ1) is 13.1. The van der Waals surface area contributed by atoms with Crippen molar-refractivity contribution in [2.45, 2.75) is 46.6 Å². The highest BCUT2D eigenvalue weighted by Gasteiger charge is 2.36. The van der Waals surface area contributed by atoms with E-state index in [1.54, 1.807) is 13.0 Å². The molecule has 0 radical (unpaired) electrons. The number of hydrogen-bond donors (Lipinski definition) is 1. The lowest BCUT2D eigenvalue weighted by Crippen LogP contribution is -2.23. The number of allylic oxidation sites excluding steroid dienone is 3. The molecular weight excluding hydrogens is 492 g/mol. The fourth-order valence-corrected chi connectivity index (χ4v) is 4.11. The molecule has 1 atom stereocenters. The number of ketones is 1. The van der Waals surface area contributed by atoms with Gasteiger partial charge in [0.2, 0.25) is 5.88 Å². The largest absolute Gasteiger partial charge is 0.490 e. The summed E-state index contributed by atoms with van der Waals surface area (Å²) in [6, 6.07) is 3.86. The molecule has 0 bridgehead atoms. The molecule has 1 aromatic rings. The minimum Gasteiger partial charge on any atom is -0.490 e. The van der Waals surface area contributed by atoms with Gasteiger partial charge in [-0.2, -0.15) is 5.26 Å². The molecule has 0 spiro atoms. The summed E-state index contributed by atoms with van der Waals surface area (Å²) in [5.41, 5.74) is 7.15. The molecule has 8 heteroatoms. The van der Waals surface area contributed by atoms with Crippen LogP contribution >= 0.6 is 31.9 Å². The van der Waals surface area contributed by atoms with Crippen LogP contribution in [0.2, 0.25) is 0 Å². The van der Waals surface area contributed by atoms with Crippen LogP contribution < -0.4 is 15.2 Å². The van der Waals surface area contributed by atoms with E-state index in [9.17, 15) is 10.1 Å². The lowest BCUT2D eigenvalue weighted by atomic mass is 9.81. The van der Waals surface area contributed by atoms with Crippen LogP contribution in [0, 0.1) is 11.3 Å². The molecule has 6 nitrogen and oxygen atoms in total. The molecule has 0 aliphatic carbocycles. The zero-order valence-electron chi connectivity index (χ0n) is 16.4. The van der Waals surface area contributed by atoms with Gasteiger partial charge < -0.3 is 19.9 Å². The van der Waals surface area contributed by atoms with Crippen LogP contribution in [-0.4, -0.2) is 18.5 Å². The standard InChI is InChI=1S/C20H22Br2N2O4/c1-6-26-14-7-12(17(21)18(22)19(14)27-9(2)3)16-13(8-23)20(24)28-11(5)15(16)10(4)25/h7,9,16H,6,24H2,1-5H3/t16-/m0/s1. The second-order valence-electron chi connectivity index (χ2n) is 6.47. The molecular formula is C20H22Br2N2O4. The van der Waals surface area contributed by atoms with E-state index in [1.807, 2.05) is 20.8 Å². The van der Waals surface area contributed by atoms with Crippen molar-refractivity contribution in [3.05, 3.63) is 43.4 Å². The Labute approximate surface area is 181 Å². The van der Waals surface area contributed by atoms with Crippen molar-refractivity contribution in [3.63, 3.8) is 0 Å². The number of nitriles is 1. The number of halogens is 2. The molecule has 0 aromatic heterocycles. The summed E-state index contributed by atoms with van der Waals surface area (Å²) in [4.78, 5) is 12.4. The summed E-state index contributed by atoms with van der Waals surface area (Å²) in [6.45, 7) is 9.22. The van der Waals surface area contributed by atoms with Gasteiger partial charge in [0.05, 0.1) is 23.1 Å². The molecule has 0 saturated carbocycles. The summed E-state index contributed by atoms with van der Waals surface area (Å²) in [7, 11) is 0. The third-order valence-corrected chi connectivity index (χ3v) is 6.25. The molecule has 1 aliphatic heterocycles. The van der Waals surface area contributed by atoms with Gasteiger partial charge in [0, 0.05) is 10.0 Å². The van der Waals surface area contributed by atoms with Crippen LogP contribution in [-0.2, 0) is 9.53 Å². The Morgan fingerprint density at radius 3 is 2.54 bits per heavy atom. The van der Waals surface area contributed by atoms with E-state index in [4.69, 9.17) is 19.9 Å². The van der Waals surface area contributed by atoms with Gasteiger partial charge in [-0.05, 0) is 78.1 Å². The van der Waals surface area contributed by atoms with E-state index >= 15 is 0 Å². The number of nitrogens with two attached hydrogens (primary N) is 1. The van der Waals surface area contributed by atoms with Crippen molar-refractivity contribution in [3.8, 4) is 17.6 Å². The van der Waals surface area contributed by atoms with E-state index < -0.39 is 5.92 Å². The van der Waals surface area contributed by atoms with Crippen molar-refractivity contribution < 1.29 is 19.0 Å². The summed E-state index contributed by atoms with van der Waals surface area (Å²) in [5.74, 6) is 0.515. The molecule has 0 saturated heterocycles. The van der Waals surface area contributed by atoms with Gasteiger partial charge in [0.15, 0.2) is 17.3 Å². The Balaban J connectivity index is 2.82. The number of rotatable bonds is 6. The van der Waals surface area contributed by atoms with Crippen LogP contribution in [0.25, 0.3) is 0 Å². The average molecular weight is 514 g/mol. The maximum absolute atomic E-state index is 12.4. The monoisotopic (exact) mass is 512 g/mol. The van der Waals surface area contributed by atoms with Crippen molar-refractivity contribution in [2.24, 2.45) is 5.73 Å². The molecule has 2 N–H and O–H groups in total. The highest BCUT2D eigenvalue weighted by molar-refractivity contribution is 9.13. The summed E-state index contributed by atoms with van der Waals surface area (Å²) >= 11 is 7.15. The number of nitrogens with zero attached hydrogens (tertiary/aromatic N) is 1. The first kappa shape index (κ1) is 22.3. The summed E-state index contributed by atoms with van der Waals surface area (Å²) in [5, 5.41) is 9.70. The molecule has 0 amide bonds. The molecule has 2 rings (SSSR count). The molecule has 0 fully saturated rings. The first-order valence-electron chi connectivity index (χ1n) is 8.74. The van der Waals surface area contributed by atoms with Crippen LogP contribution in [0.15, 0.2) is 37.8 Å². The molecule has 1 aliphatic rings. The second-order valence-corrected chi connectivity index (χ2v) is 8.06. The maximum atomic E-state index is 12.4. The Morgan fingerprint density at radius 2 is 2.04 bits per heavy atom. The van der Waals surface area contributed by atoms with Crippen LogP contribution in [0.5, 0.6) is 11.5 Å². The Morgan fingerprint density at radius 1 is 1.39 bits per heavy atom. The lowest BCUT2D eigenvalue weighted by Gasteiger charge is -2.28. The SMILES string of the molecule is CCOc1cc([C@H]2C(C#N)=C(N)OC(C)=C2C(C)=O)c(Br)c(Br)c1OC(C)C. The quantitative estimate of drug-likeness (QED) is 0.570. The van der Waals surface area contributed by atoms with E-state index in [1.165, 1.54) is 6.92 Å². The Kier molecular flexibility index (Phi) is 7.18. The van der Waals surface area contributed by atoms with Crippen LogP contribution in [0.3, 0.4) is 0 Å². The number of benzene rings is 1. The number of carbonyl (C=O) groups is 1. The average Bonchev–Trinajstić information content (AvgIpc) is 2.60. The number of carbonyl (C=O) groups excluding carboxylic acids is 1. The Bertz CT molecular complexity index is 914. The van der Waals surface area contributed by atoms with Gasteiger partial charge in [-0.1, -0.05) is 0 Å². The van der Waals surface area contributed by atoms with Crippen LogP contribution in [0.1, 0.15) is 46.1 Å². The minimum absolute atomic E-state index is 0.0153. The zero-order valence-corrected chi connectivity index (χ0v) is 19.5. The van der Waals surface area contributed by atoms with Crippen LogP contribution in [0.4, 0.5) is 0 Å². The fourth-order valence-electron chi connectivity index (χ4n) is 3.07. The maximum Gasteiger partial charge on any atom is 0.205 e. The van der Waals surface area contributed by atoms with E-state index in [0.717, 1.165) is 0 Å². The number of Topliss-reactive ketones (excluding diaryl/α,β-unsaturated/α-hetero) is 1. The topological polar surface area (TPSA) is 94.6 Å². The lowest BCUT2D eigenvalue weighted by molar-refractivity contribution is -0.114. The van der Waals surface area contributed by atoms with Crippen molar-refractivity contribution in [1.82, 2.24) is 0 Å². The normalized spacial score (nSPS) is 16.8. The zero-order chi connectivity index (χ0) is 21.2. The van der Waals surface area contributed by atoms with Gasteiger partial charge in [0.1, 0.15) is 17.4 Å². The summed E-state index contributed by atoms with van der Waals surface area (Å²) in [6.07, 6.45) is -0.0727. The fraction of sp³-hybridized carbons (Fsp3) is 0.400.